The molecule has 9 heteroatoms. The highest BCUT2D eigenvalue weighted by Crippen LogP contribution is 2.67. The zero-order valence-electron chi connectivity index (χ0n) is 21.1. The molecule has 3 fully saturated rings. The van der Waals surface area contributed by atoms with Gasteiger partial charge in [-0.15, -0.1) is 0 Å². The molecule has 3 heterocycles. The van der Waals surface area contributed by atoms with Gasteiger partial charge in [-0.05, 0) is 70.2 Å². The molecule has 2 aromatic heterocycles. The van der Waals surface area contributed by atoms with Crippen LogP contribution in [0.4, 0.5) is 0 Å². The van der Waals surface area contributed by atoms with Crippen molar-refractivity contribution in [3.8, 4) is 0 Å². The molecule has 1 saturated heterocycles. The van der Waals surface area contributed by atoms with E-state index in [2.05, 4.69) is 0 Å². The van der Waals surface area contributed by atoms with E-state index in [0.717, 1.165) is 0 Å². The zero-order valence-corrected chi connectivity index (χ0v) is 21.1. The van der Waals surface area contributed by atoms with E-state index in [1.165, 1.54) is 19.5 Å². The Balaban J connectivity index is 1.61. The fourth-order valence-corrected chi connectivity index (χ4v) is 6.94. The molecule has 2 aromatic rings. The lowest BCUT2D eigenvalue weighted by Gasteiger charge is -2.61. The van der Waals surface area contributed by atoms with E-state index in [-0.39, 0.29) is 23.4 Å². The summed E-state index contributed by atoms with van der Waals surface area (Å²) < 4.78 is 35.6. The average molecular weight is 501 g/mol. The SMILES string of the molecule is CC(=O)O[C@H]1CC[C@@H](C)[C@]23OC(C)(C)[C@H](C[C@H](OC(=O)c4ccco4)[C@]12C)[C@H]3OC(=O)c1ccco1. The summed E-state index contributed by atoms with van der Waals surface area (Å²) in [6, 6.07) is 6.33. The van der Waals surface area contributed by atoms with Gasteiger partial charge in [0.1, 0.15) is 23.9 Å². The monoisotopic (exact) mass is 500 g/mol. The molecule has 1 spiro atoms. The second-order valence-corrected chi connectivity index (χ2v) is 10.9. The van der Waals surface area contributed by atoms with Crippen LogP contribution in [0.25, 0.3) is 0 Å². The fraction of sp³-hybridized carbons (Fsp3) is 0.593. The summed E-state index contributed by atoms with van der Waals surface area (Å²) in [5, 5.41) is 0. The number of carbonyl (C=O) groups excluding carboxylic acids is 3. The first-order valence-corrected chi connectivity index (χ1v) is 12.4. The molecule has 36 heavy (non-hydrogen) atoms. The molecule has 5 rings (SSSR count). The molecule has 0 N–H and O–H groups in total. The van der Waals surface area contributed by atoms with Crippen LogP contribution in [0, 0.1) is 17.3 Å². The van der Waals surface area contributed by atoms with E-state index in [9.17, 15) is 14.4 Å². The lowest BCUT2D eigenvalue weighted by molar-refractivity contribution is -0.283. The van der Waals surface area contributed by atoms with Crippen molar-refractivity contribution in [3.63, 3.8) is 0 Å². The maximum atomic E-state index is 13.1. The lowest BCUT2D eigenvalue weighted by Crippen LogP contribution is -2.73. The molecule has 9 nitrogen and oxygen atoms in total. The second kappa shape index (κ2) is 8.50. The summed E-state index contributed by atoms with van der Waals surface area (Å²) in [6.45, 7) is 9.24. The van der Waals surface area contributed by atoms with Gasteiger partial charge < -0.3 is 27.8 Å². The molecule has 3 aliphatic rings. The third-order valence-electron chi connectivity index (χ3n) is 8.59. The highest BCUT2D eigenvalue weighted by atomic mass is 16.6. The van der Waals surface area contributed by atoms with E-state index >= 15 is 0 Å². The first-order valence-electron chi connectivity index (χ1n) is 12.4. The predicted molar refractivity (Wildman–Crippen MR) is 124 cm³/mol. The van der Waals surface area contributed by atoms with Crippen LogP contribution < -0.4 is 0 Å². The van der Waals surface area contributed by atoms with Gasteiger partial charge in [-0.1, -0.05) is 6.92 Å². The largest absolute Gasteiger partial charge is 0.462 e. The van der Waals surface area contributed by atoms with Crippen LogP contribution in [-0.2, 0) is 23.7 Å². The molecule has 7 atom stereocenters. The normalized spacial score (nSPS) is 36.5. The highest BCUT2D eigenvalue weighted by molar-refractivity contribution is 5.87. The summed E-state index contributed by atoms with van der Waals surface area (Å²) >= 11 is 0. The van der Waals surface area contributed by atoms with Crippen molar-refractivity contribution >= 4 is 17.9 Å². The maximum absolute atomic E-state index is 13.1. The van der Waals surface area contributed by atoms with Gasteiger partial charge in [-0.25, -0.2) is 9.59 Å². The van der Waals surface area contributed by atoms with E-state index in [1.54, 1.807) is 24.3 Å². The van der Waals surface area contributed by atoms with Crippen molar-refractivity contribution in [3.05, 3.63) is 48.3 Å². The Kier molecular flexibility index (Phi) is 5.82. The summed E-state index contributed by atoms with van der Waals surface area (Å²) in [7, 11) is 0. The number of esters is 3. The summed E-state index contributed by atoms with van der Waals surface area (Å²) in [5.74, 6) is -1.85. The number of furan rings is 2. The molecular weight excluding hydrogens is 468 g/mol. The Bertz CT molecular complexity index is 1130. The Morgan fingerprint density at radius 1 is 0.889 bits per heavy atom. The third kappa shape index (κ3) is 3.50. The van der Waals surface area contributed by atoms with Crippen LogP contribution in [-0.4, -0.2) is 47.4 Å². The van der Waals surface area contributed by atoms with E-state index in [4.69, 9.17) is 27.8 Å². The Morgan fingerprint density at radius 3 is 2.06 bits per heavy atom. The van der Waals surface area contributed by atoms with E-state index in [0.29, 0.717) is 19.3 Å². The van der Waals surface area contributed by atoms with E-state index in [1.807, 2.05) is 27.7 Å². The van der Waals surface area contributed by atoms with Gasteiger partial charge in [0.25, 0.3) is 0 Å². The van der Waals surface area contributed by atoms with Gasteiger partial charge in [0.2, 0.25) is 11.5 Å². The van der Waals surface area contributed by atoms with Gasteiger partial charge in [-0.3, -0.25) is 4.79 Å². The first kappa shape index (κ1) is 24.6. The molecule has 0 aromatic carbocycles. The Hall–Kier alpha value is -3.07. The molecule has 0 amide bonds. The number of carbonyl (C=O) groups is 3. The molecule has 2 saturated carbocycles. The van der Waals surface area contributed by atoms with Gasteiger partial charge in [0, 0.05) is 12.8 Å². The molecule has 2 bridgehead atoms. The quantitative estimate of drug-likeness (QED) is 0.430. The molecular formula is C27H32O9. The van der Waals surface area contributed by atoms with Crippen molar-refractivity contribution in [2.45, 2.75) is 83.4 Å². The summed E-state index contributed by atoms with van der Waals surface area (Å²) in [5.41, 5.74) is -2.82. The van der Waals surface area contributed by atoms with Crippen molar-refractivity contribution < 1.29 is 42.2 Å². The van der Waals surface area contributed by atoms with Crippen molar-refractivity contribution in [2.24, 2.45) is 17.3 Å². The van der Waals surface area contributed by atoms with Crippen molar-refractivity contribution in [1.29, 1.82) is 0 Å². The average Bonchev–Trinajstić information content (AvgIpc) is 3.55. The van der Waals surface area contributed by atoms with Crippen LogP contribution in [0.3, 0.4) is 0 Å². The minimum absolute atomic E-state index is 0.0828. The molecule has 194 valence electrons. The first-order chi connectivity index (χ1) is 17.0. The predicted octanol–water partition coefficient (Wildman–Crippen LogP) is 4.56. The van der Waals surface area contributed by atoms with Crippen molar-refractivity contribution in [2.75, 3.05) is 0 Å². The minimum atomic E-state index is -1.09. The van der Waals surface area contributed by atoms with Gasteiger partial charge in [0.05, 0.1) is 23.5 Å². The number of ether oxygens (including phenoxy) is 4. The Morgan fingerprint density at radius 2 is 1.50 bits per heavy atom. The number of fused-ring (bicyclic) bond motifs is 1. The van der Waals surface area contributed by atoms with Gasteiger partial charge in [-0.2, -0.15) is 0 Å². The summed E-state index contributed by atoms with van der Waals surface area (Å²) in [6.07, 6.45) is 2.41. The standard InChI is InChI=1S/C27H32O9/c1-15-10-11-20(33-16(2)28)26(5)21(34-23(29)18-8-6-12-31-18)14-17-22(27(15,26)36-25(17,3)4)35-24(30)19-9-7-13-32-19/h6-9,12-13,15,17,20-22H,10-11,14H2,1-5H3/t15-,17-,20+,21+,22-,26+,27-/m1/s1. The number of hydrogen-bond donors (Lipinski definition) is 0. The maximum Gasteiger partial charge on any atom is 0.374 e. The van der Waals surface area contributed by atoms with Crippen LogP contribution in [0.1, 0.15) is 75.0 Å². The van der Waals surface area contributed by atoms with Crippen LogP contribution in [0.5, 0.6) is 0 Å². The molecule has 0 unspecified atom stereocenters. The number of rotatable bonds is 5. The van der Waals surface area contributed by atoms with E-state index < -0.39 is 52.8 Å². The lowest BCUT2D eigenvalue weighted by atomic mass is 9.49. The van der Waals surface area contributed by atoms with Crippen LogP contribution >= 0.6 is 0 Å². The van der Waals surface area contributed by atoms with Crippen LogP contribution in [0.15, 0.2) is 45.6 Å². The van der Waals surface area contributed by atoms with Gasteiger partial charge in [0.15, 0.2) is 0 Å². The van der Waals surface area contributed by atoms with Crippen molar-refractivity contribution in [1.82, 2.24) is 0 Å². The highest BCUT2D eigenvalue weighted by Gasteiger charge is 2.79. The fourth-order valence-electron chi connectivity index (χ4n) is 6.94. The summed E-state index contributed by atoms with van der Waals surface area (Å²) in [4.78, 5) is 38.3. The van der Waals surface area contributed by atoms with Crippen LogP contribution in [0.2, 0.25) is 0 Å². The number of hydrogen-bond acceptors (Lipinski definition) is 9. The van der Waals surface area contributed by atoms with Gasteiger partial charge >= 0.3 is 17.9 Å². The molecule has 0 radical (unpaired) electrons. The topological polar surface area (TPSA) is 114 Å². The minimum Gasteiger partial charge on any atom is -0.462 e. The second-order valence-electron chi connectivity index (χ2n) is 10.9. The smallest absolute Gasteiger partial charge is 0.374 e. The molecule has 1 aliphatic heterocycles. The zero-order chi connectivity index (χ0) is 25.9. The third-order valence-corrected chi connectivity index (χ3v) is 8.59. The Labute approximate surface area is 209 Å². The molecule has 2 aliphatic carbocycles.